The van der Waals surface area contributed by atoms with Gasteiger partial charge in [-0.25, -0.2) is 4.39 Å². The number of nitrogens with one attached hydrogen (secondary N) is 1. The lowest BCUT2D eigenvalue weighted by atomic mass is 9.96. The predicted molar refractivity (Wildman–Crippen MR) is 84.3 cm³/mol. The van der Waals surface area contributed by atoms with E-state index in [1.807, 2.05) is 37.3 Å². The molecule has 0 aliphatic rings. The van der Waals surface area contributed by atoms with E-state index in [0.717, 1.165) is 18.5 Å². The van der Waals surface area contributed by atoms with Crippen LogP contribution in [0.15, 0.2) is 42.5 Å². The molecule has 2 nitrogen and oxygen atoms in total. The van der Waals surface area contributed by atoms with Crippen molar-refractivity contribution in [1.29, 1.82) is 0 Å². The molecule has 0 saturated heterocycles. The van der Waals surface area contributed by atoms with Crippen molar-refractivity contribution in [3.8, 4) is 5.75 Å². The number of hydrogen-bond acceptors (Lipinski definition) is 2. The highest BCUT2D eigenvalue weighted by molar-refractivity contribution is 5.39. The van der Waals surface area contributed by atoms with Crippen LogP contribution in [0, 0.1) is 12.7 Å². The molecule has 1 unspecified atom stereocenters. The number of rotatable bonds is 6. The topological polar surface area (TPSA) is 21.3 Å². The summed E-state index contributed by atoms with van der Waals surface area (Å²) in [6, 6.07) is 13.3. The first kappa shape index (κ1) is 15.5. The lowest BCUT2D eigenvalue weighted by Gasteiger charge is -2.21. The number of methoxy groups -OCH3 is 1. The second kappa shape index (κ2) is 7.23. The van der Waals surface area contributed by atoms with Gasteiger partial charge in [0.1, 0.15) is 0 Å². The number of aryl methyl sites for hydroxylation is 1. The van der Waals surface area contributed by atoms with Crippen molar-refractivity contribution >= 4 is 0 Å². The average Bonchev–Trinajstić information content (AvgIpc) is 2.49. The Hall–Kier alpha value is -1.87. The number of hydrogen-bond donors (Lipinski definition) is 1. The second-order valence-electron chi connectivity index (χ2n) is 5.16. The lowest BCUT2D eigenvalue weighted by Crippen LogP contribution is -2.24. The first-order chi connectivity index (χ1) is 10.2. The van der Waals surface area contributed by atoms with Crippen molar-refractivity contribution < 1.29 is 9.13 Å². The van der Waals surface area contributed by atoms with Gasteiger partial charge in [-0.05, 0) is 31.5 Å². The van der Waals surface area contributed by atoms with E-state index in [0.29, 0.717) is 5.56 Å². The van der Waals surface area contributed by atoms with E-state index in [1.165, 1.54) is 12.7 Å². The molecular formula is C18H22FNO. The molecule has 0 fully saturated rings. The molecule has 0 amide bonds. The Morgan fingerprint density at radius 1 is 1.19 bits per heavy atom. The molecule has 0 bridgehead atoms. The quantitative estimate of drug-likeness (QED) is 0.858. The van der Waals surface area contributed by atoms with E-state index < -0.39 is 0 Å². The highest BCUT2D eigenvalue weighted by Gasteiger charge is 2.19. The first-order valence-electron chi connectivity index (χ1n) is 7.29. The fourth-order valence-corrected chi connectivity index (χ4v) is 2.45. The zero-order chi connectivity index (χ0) is 15.2. The minimum atomic E-state index is -0.296. The molecule has 1 N–H and O–H groups in total. The molecule has 3 heteroatoms. The third-order valence-corrected chi connectivity index (χ3v) is 3.50. The van der Waals surface area contributed by atoms with E-state index in [2.05, 4.69) is 18.3 Å². The minimum Gasteiger partial charge on any atom is -0.494 e. The lowest BCUT2D eigenvalue weighted by molar-refractivity contribution is 0.381. The molecule has 0 spiro atoms. The normalized spacial score (nSPS) is 12.2. The van der Waals surface area contributed by atoms with Gasteiger partial charge < -0.3 is 10.1 Å². The van der Waals surface area contributed by atoms with Crippen LogP contribution >= 0.6 is 0 Å². The summed E-state index contributed by atoms with van der Waals surface area (Å²) in [4.78, 5) is 0. The summed E-state index contributed by atoms with van der Waals surface area (Å²) in [6.45, 7) is 4.97. The van der Waals surface area contributed by atoms with Gasteiger partial charge in [-0.1, -0.05) is 48.9 Å². The van der Waals surface area contributed by atoms with E-state index >= 15 is 0 Å². The number of benzene rings is 2. The Kier molecular flexibility index (Phi) is 5.34. The maximum absolute atomic E-state index is 14.6. The van der Waals surface area contributed by atoms with Gasteiger partial charge in [-0.2, -0.15) is 0 Å². The Bertz CT molecular complexity index is 598. The van der Waals surface area contributed by atoms with Crippen molar-refractivity contribution in [3.63, 3.8) is 0 Å². The molecular weight excluding hydrogens is 265 g/mol. The van der Waals surface area contributed by atoms with Crippen LogP contribution in [-0.4, -0.2) is 13.7 Å². The Morgan fingerprint density at radius 2 is 1.95 bits per heavy atom. The van der Waals surface area contributed by atoms with Crippen LogP contribution in [0.25, 0.3) is 0 Å². The van der Waals surface area contributed by atoms with Crippen LogP contribution in [0.1, 0.15) is 36.1 Å². The summed E-state index contributed by atoms with van der Waals surface area (Å²) in [5.74, 6) is -0.0152. The molecule has 0 radical (unpaired) electrons. The van der Waals surface area contributed by atoms with Gasteiger partial charge in [0.25, 0.3) is 0 Å². The Morgan fingerprint density at radius 3 is 2.62 bits per heavy atom. The predicted octanol–water partition coefficient (Wildman–Crippen LogP) is 4.23. The van der Waals surface area contributed by atoms with Crippen LogP contribution < -0.4 is 10.1 Å². The van der Waals surface area contributed by atoms with Gasteiger partial charge in [0, 0.05) is 5.56 Å². The monoisotopic (exact) mass is 287 g/mol. The van der Waals surface area contributed by atoms with Crippen LogP contribution in [-0.2, 0) is 0 Å². The molecule has 2 rings (SSSR count). The van der Waals surface area contributed by atoms with Gasteiger partial charge in [0.2, 0.25) is 0 Å². The maximum Gasteiger partial charge on any atom is 0.170 e. The van der Waals surface area contributed by atoms with Crippen molar-refractivity contribution in [1.82, 2.24) is 5.32 Å². The fourth-order valence-electron chi connectivity index (χ4n) is 2.45. The molecule has 0 saturated carbocycles. The standard InChI is InChI=1S/C18H22FNO/c1-4-11-20-18(14-8-5-7-13(2)12-14)15-9-6-10-16(21-3)17(15)19/h5-10,12,18,20H,4,11H2,1-3H3. The molecule has 0 aliphatic heterocycles. The second-order valence-corrected chi connectivity index (χ2v) is 5.16. The third kappa shape index (κ3) is 3.61. The third-order valence-electron chi connectivity index (χ3n) is 3.50. The molecule has 0 aromatic heterocycles. The van der Waals surface area contributed by atoms with E-state index in [-0.39, 0.29) is 17.6 Å². The SMILES string of the molecule is CCCNC(c1cccc(C)c1)c1cccc(OC)c1F. The summed E-state index contributed by atoms with van der Waals surface area (Å²) < 4.78 is 19.7. The number of halogens is 1. The maximum atomic E-state index is 14.6. The summed E-state index contributed by atoms with van der Waals surface area (Å²) in [5.41, 5.74) is 2.85. The number of ether oxygens (including phenoxy) is 1. The molecule has 112 valence electrons. The van der Waals surface area contributed by atoms with Gasteiger partial charge in [-0.15, -0.1) is 0 Å². The van der Waals surface area contributed by atoms with Crippen LogP contribution in [0.3, 0.4) is 0 Å². The molecule has 0 heterocycles. The summed E-state index contributed by atoms with van der Waals surface area (Å²) in [6.07, 6.45) is 0.994. The Balaban J connectivity index is 2.45. The molecule has 2 aromatic carbocycles. The average molecular weight is 287 g/mol. The van der Waals surface area contributed by atoms with E-state index in [9.17, 15) is 4.39 Å². The fraction of sp³-hybridized carbons (Fsp3) is 0.333. The van der Waals surface area contributed by atoms with Gasteiger partial charge in [0.05, 0.1) is 13.2 Å². The van der Waals surface area contributed by atoms with Crippen LogP contribution in [0.5, 0.6) is 5.75 Å². The summed E-state index contributed by atoms with van der Waals surface area (Å²) in [5, 5.41) is 3.43. The highest BCUT2D eigenvalue weighted by atomic mass is 19.1. The zero-order valence-corrected chi connectivity index (χ0v) is 12.8. The molecule has 1 atom stereocenters. The smallest absolute Gasteiger partial charge is 0.170 e. The van der Waals surface area contributed by atoms with Crippen LogP contribution in [0.4, 0.5) is 4.39 Å². The summed E-state index contributed by atoms with van der Waals surface area (Å²) >= 11 is 0. The van der Waals surface area contributed by atoms with Gasteiger partial charge in [0.15, 0.2) is 11.6 Å². The van der Waals surface area contributed by atoms with E-state index in [1.54, 1.807) is 6.07 Å². The molecule has 2 aromatic rings. The van der Waals surface area contributed by atoms with Crippen molar-refractivity contribution in [3.05, 3.63) is 65.0 Å². The Labute approximate surface area is 126 Å². The highest BCUT2D eigenvalue weighted by Crippen LogP contribution is 2.29. The van der Waals surface area contributed by atoms with Crippen molar-refractivity contribution in [2.24, 2.45) is 0 Å². The van der Waals surface area contributed by atoms with Crippen molar-refractivity contribution in [2.45, 2.75) is 26.3 Å². The molecule has 0 aliphatic carbocycles. The largest absolute Gasteiger partial charge is 0.494 e. The minimum absolute atomic E-state index is 0.167. The van der Waals surface area contributed by atoms with Gasteiger partial charge in [-0.3, -0.25) is 0 Å². The zero-order valence-electron chi connectivity index (χ0n) is 12.8. The molecule has 21 heavy (non-hydrogen) atoms. The van der Waals surface area contributed by atoms with Crippen molar-refractivity contribution in [2.75, 3.05) is 13.7 Å². The van der Waals surface area contributed by atoms with Gasteiger partial charge >= 0.3 is 0 Å². The first-order valence-corrected chi connectivity index (χ1v) is 7.29. The summed E-state index contributed by atoms with van der Waals surface area (Å²) in [7, 11) is 1.49. The van der Waals surface area contributed by atoms with E-state index in [4.69, 9.17) is 4.74 Å². The van der Waals surface area contributed by atoms with Crippen LogP contribution in [0.2, 0.25) is 0 Å².